The van der Waals surface area contributed by atoms with Crippen LogP contribution in [-0.4, -0.2) is 35.1 Å². The lowest BCUT2D eigenvalue weighted by molar-refractivity contribution is 0.188. The van der Waals surface area contributed by atoms with Crippen molar-refractivity contribution >= 4 is 5.82 Å². The fourth-order valence-corrected chi connectivity index (χ4v) is 3.63. The van der Waals surface area contributed by atoms with E-state index in [1.54, 1.807) is 0 Å². The molecule has 20 heavy (non-hydrogen) atoms. The molecule has 1 aromatic rings. The smallest absolute Gasteiger partial charge is 0.144 e. The predicted molar refractivity (Wildman–Crippen MR) is 79.7 cm³/mol. The molecule has 0 aliphatic carbocycles. The van der Waals surface area contributed by atoms with Crippen molar-refractivity contribution in [3.05, 3.63) is 22.9 Å². The van der Waals surface area contributed by atoms with Crippen molar-refractivity contribution < 1.29 is 0 Å². The van der Waals surface area contributed by atoms with Crippen LogP contribution in [0, 0.1) is 25.2 Å². The van der Waals surface area contributed by atoms with Crippen LogP contribution in [0.2, 0.25) is 0 Å². The van der Waals surface area contributed by atoms with E-state index in [2.05, 4.69) is 21.3 Å². The molecule has 0 saturated carbocycles. The maximum Gasteiger partial charge on any atom is 0.144 e. The quantitative estimate of drug-likeness (QED) is 0.897. The first kappa shape index (κ1) is 13.4. The van der Waals surface area contributed by atoms with Gasteiger partial charge in [-0.25, -0.2) is 4.98 Å². The molecule has 4 heteroatoms. The van der Waals surface area contributed by atoms with E-state index in [4.69, 9.17) is 0 Å². The van der Waals surface area contributed by atoms with Crippen molar-refractivity contribution in [3.63, 3.8) is 0 Å². The molecule has 0 bridgehead atoms. The minimum absolute atomic E-state index is 0.454. The number of fused-ring (bicyclic) bond motifs is 1. The SMILES string of the molecule is Cc1cc(C)c(C#N)c(NC2CCN3CCCC3C2)n1. The maximum absolute atomic E-state index is 9.33. The Morgan fingerprint density at radius 1 is 1.35 bits per heavy atom. The topological polar surface area (TPSA) is 52.0 Å². The second-order valence-corrected chi connectivity index (χ2v) is 6.11. The lowest BCUT2D eigenvalue weighted by Gasteiger charge is -2.35. The van der Waals surface area contributed by atoms with Gasteiger partial charge in [-0.3, -0.25) is 0 Å². The Morgan fingerprint density at radius 3 is 3.00 bits per heavy atom. The van der Waals surface area contributed by atoms with Crippen molar-refractivity contribution in [2.45, 2.75) is 51.6 Å². The summed E-state index contributed by atoms with van der Waals surface area (Å²) in [5.41, 5.74) is 2.69. The minimum atomic E-state index is 0.454. The first-order valence-corrected chi connectivity index (χ1v) is 7.56. The van der Waals surface area contributed by atoms with Crippen molar-refractivity contribution in [2.24, 2.45) is 0 Å². The van der Waals surface area contributed by atoms with Crippen molar-refractivity contribution in [2.75, 3.05) is 18.4 Å². The molecule has 2 fully saturated rings. The molecule has 3 rings (SSSR count). The van der Waals surface area contributed by atoms with Gasteiger partial charge in [0.1, 0.15) is 11.9 Å². The minimum Gasteiger partial charge on any atom is -0.366 e. The highest BCUT2D eigenvalue weighted by atomic mass is 15.2. The number of aromatic nitrogens is 1. The van der Waals surface area contributed by atoms with Crippen molar-refractivity contribution in [3.8, 4) is 6.07 Å². The number of nitrogens with zero attached hydrogens (tertiary/aromatic N) is 3. The molecule has 1 N–H and O–H groups in total. The normalized spacial score (nSPS) is 26.1. The molecule has 106 valence electrons. The van der Waals surface area contributed by atoms with Gasteiger partial charge in [0.05, 0.1) is 5.56 Å². The van der Waals surface area contributed by atoms with Crippen LogP contribution < -0.4 is 5.32 Å². The maximum atomic E-state index is 9.33. The third-order valence-corrected chi connectivity index (χ3v) is 4.62. The Labute approximate surface area is 120 Å². The number of anilines is 1. The Kier molecular flexibility index (Phi) is 3.62. The van der Waals surface area contributed by atoms with Crippen LogP contribution in [0.5, 0.6) is 0 Å². The van der Waals surface area contributed by atoms with Gasteiger partial charge in [0.15, 0.2) is 0 Å². The third-order valence-electron chi connectivity index (χ3n) is 4.62. The summed E-state index contributed by atoms with van der Waals surface area (Å²) in [5.74, 6) is 0.779. The number of pyridine rings is 1. The van der Waals surface area contributed by atoms with E-state index in [9.17, 15) is 5.26 Å². The molecule has 3 heterocycles. The molecular weight excluding hydrogens is 248 g/mol. The van der Waals surface area contributed by atoms with E-state index in [1.807, 2.05) is 19.9 Å². The molecule has 0 amide bonds. The molecule has 4 nitrogen and oxygen atoms in total. The zero-order valence-corrected chi connectivity index (χ0v) is 12.3. The molecular formula is C16H22N4. The van der Waals surface area contributed by atoms with Gasteiger partial charge < -0.3 is 10.2 Å². The monoisotopic (exact) mass is 270 g/mol. The molecule has 2 unspecified atom stereocenters. The van der Waals surface area contributed by atoms with Crippen LogP contribution in [-0.2, 0) is 0 Å². The number of aryl methyl sites for hydroxylation is 2. The summed E-state index contributed by atoms with van der Waals surface area (Å²) in [6, 6.07) is 5.45. The summed E-state index contributed by atoms with van der Waals surface area (Å²) in [4.78, 5) is 7.15. The fraction of sp³-hybridized carbons (Fsp3) is 0.625. The van der Waals surface area contributed by atoms with Gasteiger partial charge in [-0.05, 0) is 57.7 Å². The zero-order valence-electron chi connectivity index (χ0n) is 12.3. The Balaban J connectivity index is 1.76. The molecule has 0 spiro atoms. The van der Waals surface area contributed by atoms with Crippen LogP contribution in [0.15, 0.2) is 6.07 Å². The number of nitriles is 1. The van der Waals surface area contributed by atoms with E-state index in [1.165, 1.54) is 32.4 Å². The third kappa shape index (κ3) is 2.51. The second-order valence-electron chi connectivity index (χ2n) is 6.11. The highest BCUT2D eigenvalue weighted by Gasteiger charge is 2.32. The van der Waals surface area contributed by atoms with E-state index >= 15 is 0 Å². The van der Waals surface area contributed by atoms with Gasteiger partial charge in [0.25, 0.3) is 0 Å². The molecule has 2 aliphatic heterocycles. The lowest BCUT2D eigenvalue weighted by atomic mass is 9.97. The molecule has 1 aromatic heterocycles. The van der Waals surface area contributed by atoms with Gasteiger partial charge in [-0.1, -0.05) is 0 Å². The largest absolute Gasteiger partial charge is 0.366 e. The number of hydrogen-bond donors (Lipinski definition) is 1. The molecule has 0 aromatic carbocycles. The molecule has 2 saturated heterocycles. The zero-order chi connectivity index (χ0) is 14.1. The lowest BCUT2D eigenvalue weighted by Crippen LogP contribution is -2.43. The fourth-order valence-electron chi connectivity index (χ4n) is 3.63. The van der Waals surface area contributed by atoms with Crippen molar-refractivity contribution in [1.82, 2.24) is 9.88 Å². The highest BCUT2D eigenvalue weighted by Crippen LogP contribution is 2.29. The Bertz CT molecular complexity index is 546. The summed E-state index contributed by atoms with van der Waals surface area (Å²) in [7, 11) is 0. The summed E-state index contributed by atoms with van der Waals surface area (Å²) >= 11 is 0. The average Bonchev–Trinajstić information content (AvgIpc) is 2.85. The first-order valence-electron chi connectivity index (χ1n) is 7.56. The van der Waals surface area contributed by atoms with Crippen molar-refractivity contribution in [1.29, 1.82) is 5.26 Å². The summed E-state index contributed by atoms with van der Waals surface area (Å²) < 4.78 is 0. The van der Waals surface area contributed by atoms with Crippen LogP contribution in [0.1, 0.15) is 42.5 Å². The summed E-state index contributed by atoms with van der Waals surface area (Å²) in [6.45, 7) is 6.41. The number of hydrogen-bond acceptors (Lipinski definition) is 4. The summed E-state index contributed by atoms with van der Waals surface area (Å²) in [5, 5.41) is 12.9. The number of piperidine rings is 1. The predicted octanol–water partition coefficient (Wildman–Crippen LogP) is 2.61. The second kappa shape index (κ2) is 5.41. The standard InChI is InChI=1S/C16H22N4/c1-11-8-12(2)18-16(15(11)10-17)19-13-5-7-20-6-3-4-14(20)9-13/h8,13-14H,3-7,9H2,1-2H3,(H,18,19). The van der Waals surface area contributed by atoms with Gasteiger partial charge in [-0.2, -0.15) is 5.26 Å². The van der Waals surface area contributed by atoms with Crippen LogP contribution in [0.25, 0.3) is 0 Å². The number of rotatable bonds is 2. The van der Waals surface area contributed by atoms with Gasteiger partial charge in [-0.15, -0.1) is 0 Å². The van der Waals surface area contributed by atoms with Crippen LogP contribution in [0.3, 0.4) is 0 Å². The number of nitrogens with one attached hydrogen (secondary N) is 1. The first-order chi connectivity index (χ1) is 9.67. The van der Waals surface area contributed by atoms with E-state index in [0.717, 1.165) is 29.5 Å². The van der Waals surface area contributed by atoms with E-state index in [0.29, 0.717) is 11.6 Å². The Hall–Kier alpha value is -1.60. The molecule has 0 radical (unpaired) electrons. The summed E-state index contributed by atoms with van der Waals surface area (Å²) in [6.07, 6.45) is 4.99. The Morgan fingerprint density at radius 2 is 2.20 bits per heavy atom. The van der Waals surface area contributed by atoms with Crippen LogP contribution >= 0.6 is 0 Å². The van der Waals surface area contributed by atoms with E-state index in [-0.39, 0.29) is 0 Å². The highest BCUT2D eigenvalue weighted by molar-refractivity contribution is 5.56. The molecule has 2 aliphatic rings. The molecule has 2 atom stereocenters. The van der Waals surface area contributed by atoms with Gasteiger partial charge in [0.2, 0.25) is 0 Å². The van der Waals surface area contributed by atoms with Gasteiger partial charge in [0, 0.05) is 24.3 Å². The van der Waals surface area contributed by atoms with Crippen LogP contribution in [0.4, 0.5) is 5.82 Å². The average molecular weight is 270 g/mol. The van der Waals surface area contributed by atoms with E-state index < -0.39 is 0 Å². The van der Waals surface area contributed by atoms with Gasteiger partial charge >= 0.3 is 0 Å².